The maximum absolute atomic E-state index is 6.47. The molecule has 5 heteroatoms. The highest BCUT2D eigenvalue weighted by Crippen LogP contribution is 2.40. The third kappa shape index (κ3) is 3.80. The zero-order chi connectivity index (χ0) is 13.8. The fourth-order valence-corrected chi connectivity index (χ4v) is 3.38. The molecule has 0 unspecified atom stereocenters. The first-order valence-electron chi connectivity index (χ1n) is 6.84. The van der Waals surface area contributed by atoms with E-state index in [-0.39, 0.29) is 18.4 Å². The molecule has 2 N–H and O–H groups in total. The van der Waals surface area contributed by atoms with Crippen molar-refractivity contribution in [2.75, 3.05) is 14.2 Å². The topological polar surface area (TPSA) is 44.5 Å². The summed E-state index contributed by atoms with van der Waals surface area (Å²) in [5.74, 6) is 2.20. The van der Waals surface area contributed by atoms with E-state index in [4.69, 9.17) is 15.2 Å². The lowest BCUT2D eigenvalue weighted by molar-refractivity contribution is 0.300. The summed E-state index contributed by atoms with van der Waals surface area (Å²) in [6.45, 7) is 0. The van der Waals surface area contributed by atoms with Crippen molar-refractivity contribution in [3.8, 4) is 11.5 Å². The van der Waals surface area contributed by atoms with Gasteiger partial charge in [0.15, 0.2) is 0 Å². The maximum atomic E-state index is 6.47. The van der Waals surface area contributed by atoms with Crippen LogP contribution in [0.4, 0.5) is 0 Å². The van der Waals surface area contributed by atoms with E-state index in [1.54, 1.807) is 14.2 Å². The SMILES string of the molecule is COc1cc([C@@H](N)C2CCCCC2)c(OC)cc1Br.Cl. The van der Waals surface area contributed by atoms with E-state index < -0.39 is 0 Å². The molecule has 114 valence electrons. The molecule has 1 aliphatic rings. The van der Waals surface area contributed by atoms with E-state index in [0.29, 0.717) is 5.92 Å². The predicted molar refractivity (Wildman–Crippen MR) is 88.0 cm³/mol. The number of rotatable bonds is 4. The molecule has 1 fully saturated rings. The molecule has 20 heavy (non-hydrogen) atoms. The molecule has 2 rings (SSSR count). The van der Waals surface area contributed by atoms with Crippen LogP contribution in [0.3, 0.4) is 0 Å². The Bertz CT molecular complexity index is 436. The van der Waals surface area contributed by atoms with Crippen LogP contribution in [0, 0.1) is 5.92 Å². The van der Waals surface area contributed by atoms with Gasteiger partial charge in [0.1, 0.15) is 11.5 Å². The average Bonchev–Trinajstić information content (AvgIpc) is 2.47. The van der Waals surface area contributed by atoms with Crippen LogP contribution in [-0.2, 0) is 0 Å². The van der Waals surface area contributed by atoms with Gasteiger partial charge in [-0.05, 0) is 46.8 Å². The molecule has 1 atom stereocenters. The highest BCUT2D eigenvalue weighted by atomic mass is 79.9. The minimum Gasteiger partial charge on any atom is -0.496 e. The van der Waals surface area contributed by atoms with E-state index in [1.807, 2.05) is 12.1 Å². The van der Waals surface area contributed by atoms with Crippen LogP contribution in [0.2, 0.25) is 0 Å². The molecule has 0 saturated heterocycles. The van der Waals surface area contributed by atoms with Gasteiger partial charge in [-0.2, -0.15) is 0 Å². The van der Waals surface area contributed by atoms with Gasteiger partial charge in [0.2, 0.25) is 0 Å². The molecule has 0 spiro atoms. The number of nitrogens with two attached hydrogens (primary N) is 1. The van der Waals surface area contributed by atoms with E-state index in [2.05, 4.69) is 15.9 Å². The van der Waals surface area contributed by atoms with E-state index in [9.17, 15) is 0 Å². The molecule has 1 aromatic carbocycles. The Morgan fingerprint density at radius 2 is 1.70 bits per heavy atom. The molecule has 0 bridgehead atoms. The smallest absolute Gasteiger partial charge is 0.133 e. The molecule has 0 aliphatic heterocycles. The van der Waals surface area contributed by atoms with Gasteiger partial charge in [0.25, 0.3) is 0 Å². The van der Waals surface area contributed by atoms with Crippen molar-refractivity contribution in [1.29, 1.82) is 0 Å². The zero-order valence-electron chi connectivity index (χ0n) is 12.0. The van der Waals surface area contributed by atoms with Crippen molar-refractivity contribution in [3.63, 3.8) is 0 Å². The highest BCUT2D eigenvalue weighted by Gasteiger charge is 2.25. The Morgan fingerprint density at radius 1 is 1.10 bits per heavy atom. The van der Waals surface area contributed by atoms with Gasteiger partial charge in [0, 0.05) is 11.6 Å². The van der Waals surface area contributed by atoms with E-state index >= 15 is 0 Å². The van der Waals surface area contributed by atoms with Gasteiger partial charge in [-0.15, -0.1) is 12.4 Å². The number of halogens is 2. The first-order chi connectivity index (χ1) is 9.17. The molecule has 0 heterocycles. The van der Waals surface area contributed by atoms with Crippen LogP contribution in [0.5, 0.6) is 11.5 Å². The highest BCUT2D eigenvalue weighted by molar-refractivity contribution is 9.10. The Balaban J connectivity index is 0.00000200. The number of methoxy groups -OCH3 is 2. The normalized spacial score (nSPS) is 17.2. The average molecular weight is 365 g/mol. The minimum atomic E-state index is 0. The summed E-state index contributed by atoms with van der Waals surface area (Å²) in [6.07, 6.45) is 6.33. The lowest BCUT2D eigenvalue weighted by Crippen LogP contribution is -2.24. The molecular formula is C15H23BrClNO2. The predicted octanol–water partition coefficient (Wildman–Crippen LogP) is 4.47. The molecule has 1 aliphatic carbocycles. The summed E-state index contributed by atoms with van der Waals surface area (Å²) in [7, 11) is 3.35. The first kappa shape index (κ1) is 17.6. The summed E-state index contributed by atoms with van der Waals surface area (Å²) in [6, 6.07) is 3.97. The standard InChI is InChI=1S/C15H22BrNO2.ClH/c1-18-13-9-12(16)14(19-2)8-11(13)15(17)10-6-4-3-5-7-10;/h8-10,15H,3-7,17H2,1-2H3;1H/t15-;/m0./s1. The Kier molecular flexibility index (Phi) is 7.13. The van der Waals surface area contributed by atoms with Crippen LogP contribution in [0.1, 0.15) is 43.7 Å². The lowest BCUT2D eigenvalue weighted by atomic mass is 9.81. The third-order valence-electron chi connectivity index (χ3n) is 4.02. The molecule has 0 amide bonds. The van der Waals surface area contributed by atoms with Crippen LogP contribution < -0.4 is 15.2 Å². The molecule has 1 aromatic rings. The fraction of sp³-hybridized carbons (Fsp3) is 0.600. The van der Waals surface area contributed by atoms with Crippen LogP contribution in [0.25, 0.3) is 0 Å². The second-order valence-corrected chi connectivity index (χ2v) is 6.01. The van der Waals surface area contributed by atoms with Gasteiger partial charge < -0.3 is 15.2 Å². The number of hydrogen-bond acceptors (Lipinski definition) is 3. The summed E-state index contributed by atoms with van der Waals surface area (Å²) in [4.78, 5) is 0. The second-order valence-electron chi connectivity index (χ2n) is 5.15. The van der Waals surface area contributed by atoms with Gasteiger partial charge in [0.05, 0.1) is 18.7 Å². The van der Waals surface area contributed by atoms with Crippen molar-refractivity contribution in [2.45, 2.75) is 38.1 Å². The van der Waals surface area contributed by atoms with Crippen LogP contribution >= 0.6 is 28.3 Å². The van der Waals surface area contributed by atoms with E-state index in [0.717, 1.165) is 21.5 Å². The number of hydrogen-bond donors (Lipinski definition) is 1. The van der Waals surface area contributed by atoms with Crippen molar-refractivity contribution in [1.82, 2.24) is 0 Å². The lowest BCUT2D eigenvalue weighted by Gasteiger charge is -2.29. The minimum absolute atomic E-state index is 0. The van der Waals surface area contributed by atoms with Crippen LogP contribution in [0.15, 0.2) is 16.6 Å². The monoisotopic (exact) mass is 363 g/mol. The van der Waals surface area contributed by atoms with E-state index in [1.165, 1.54) is 32.1 Å². The van der Waals surface area contributed by atoms with Crippen molar-refractivity contribution in [3.05, 3.63) is 22.2 Å². The molecule has 3 nitrogen and oxygen atoms in total. The Labute approximate surface area is 135 Å². The quantitative estimate of drug-likeness (QED) is 0.857. The molecule has 0 aromatic heterocycles. The summed E-state index contributed by atoms with van der Waals surface area (Å²) in [5.41, 5.74) is 7.52. The Hall–Kier alpha value is -0.450. The maximum Gasteiger partial charge on any atom is 0.133 e. The number of ether oxygens (including phenoxy) is 2. The van der Waals surface area contributed by atoms with Gasteiger partial charge >= 0.3 is 0 Å². The largest absolute Gasteiger partial charge is 0.496 e. The molecular weight excluding hydrogens is 342 g/mol. The van der Waals surface area contributed by atoms with Crippen molar-refractivity contribution < 1.29 is 9.47 Å². The third-order valence-corrected chi connectivity index (χ3v) is 4.64. The Morgan fingerprint density at radius 3 is 2.25 bits per heavy atom. The van der Waals surface area contributed by atoms with Gasteiger partial charge in [-0.1, -0.05) is 19.3 Å². The number of benzene rings is 1. The van der Waals surface area contributed by atoms with Crippen molar-refractivity contribution in [2.24, 2.45) is 11.7 Å². The zero-order valence-corrected chi connectivity index (χ0v) is 14.4. The second kappa shape index (κ2) is 8.11. The van der Waals surface area contributed by atoms with Crippen molar-refractivity contribution >= 4 is 28.3 Å². The van der Waals surface area contributed by atoms with Crippen LogP contribution in [-0.4, -0.2) is 14.2 Å². The van der Waals surface area contributed by atoms with Gasteiger partial charge in [-0.3, -0.25) is 0 Å². The van der Waals surface area contributed by atoms with Gasteiger partial charge in [-0.25, -0.2) is 0 Å². The summed E-state index contributed by atoms with van der Waals surface area (Å²) in [5, 5.41) is 0. The first-order valence-corrected chi connectivity index (χ1v) is 7.63. The summed E-state index contributed by atoms with van der Waals surface area (Å²) < 4.78 is 11.7. The summed E-state index contributed by atoms with van der Waals surface area (Å²) >= 11 is 3.48. The fourth-order valence-electron chi connectivity index (χ4n) is 2.89. The molecule has 1 saturated carbocycles. The molecule has 0 radical (unpaired) electrons.